The van der Waals surface area contributed by atoms with Crippen LogP contribution in [-0.2, 0) is 22.4 Å². The summed E-state index contributed by atoms with van der Waals surface area (Å²) in [6.45, 7) is 1.80. The molecule has 1 atom stereocenters. The van der Waals surface area contributed by atoms with E-state index in [1.165, 1.54) is 18.1 Å². The maximum atomic E-state index is 12.7. The summed E-state index contributed by atoms with van der Waals surface area (Å²) >= 11 is 4.68. The van der Waals surface area contributed by atoms with Gasteiger partial charge in [-0.25, -0.2) is 13.8 Å². The second-order valence-corrected chi connectivity index (χ2v) is 8.39. The van der Waals surface area contributed by atoms with Crippen LogP contribution in [0.25, 0.3) is 11.0 Å². The third kappa shape index (κ3) is 5.46. The number of nitrogens with one attached hydrogen (secondary N) is 2. The third-order valence-corrected chi connectivity index (χ3v) is 5.61. The molecule has 2 aromatic carbocycles. The first kappa shape index (κ1) is 23.7. The average Bonchev–Trinajstić information content (AvgIpc) is 2.73. The maximum absolute atomic E-state index is 12.7. The van der Waals surface area contributed by atoms with E-state index in [2.05, 4.69) is 14.4 Å². The number of rotatable bonds is 7. The van der Waals surface area contributed by atoms with E-state index in [-0.39, 0.29) is 16.4 Å². The Morgan fingerprint density at radius 2 is 2.00 bits per heavy atom. The molecule has 1 amide bonds. The molecule has 170 valence electrons. The molecule has 11 heteroatoms. The molecular weight excluding hydrogens is 458 g/mol. The van der Waals surface area contributed by atoms with Crippen LogP contribution in [0.4, 0.5) is 10.5 Å². The summed E-state index contributed by atoms with van der Waals surface area (Å²) in [5.74, 6) is 0.101. The van der Waals surface area contributed by atoms with E-state index in [1.54, 1.807) is 45.3 Å². The molecular formula is C21H22ClN3O6S. The molecule has 0 spiro atoms. The van der Waals surface area contributed by atoms with Crippen LogP contribution < -0.4 is 20.0 Å². The molecule has 3 aromatic rings. The van der Waals surface area contributed by atoms with Gasteiger partial charge in [-0.3, -0.25) is 9.56 Å². The summed E-state index contributed by atoms with van der Waals surface area (Å²) in [5.41, 5.74) is 2.31. The number of carbonyl (C=O) groups excluding carboxylic acids is 1. The van der Waals surface area contributed by atoms with Gasteiger partial charge in [0.05, 0.1) is 12.1 Å². The van der Waals surface area contributed by atoms with Gasteiger partial charge < -0.3 is 14.1 Å². The van der Waals surface area contributed by atoms with Crippen molar-refractivity contribution < 1.29 is 23.0 Å². The van der Waals surface area contributed by atoms with Gasteiger partial charge in [-0.15, -0.1) is 0 Å². The molecule has 1 unspecified atom stereocenters. The first-order valence-electron chi connectivity index (χ1n) is 9.40. The van der Waals surface area contributed by atoms with Gasteiger partial charge in [0.15, 0.2) is 5.75 Å². The van der Waals surface area contributed by atoms with Gasteiger partial charge >= 0.3 is 11.7 Å². The highest BCUT2D eigenvalue weighted by atomic mass is 35.5. The minimum atomic E-state index is -1.62. The van der Waals surface area contributed by atoms with Gasteiger partial charge in [-0.05, 0) is 36.2 Å². The van der Waals surface area contributed by atoms with Crippen LogP contribution in [0, 0.1) is 6.92 Å². The Morgan fingerprint density at radius 3 is 2.69 bits per heavy atom. The topological polar surface area (TPSA) is 110 Å². The van der Waals surface area contributed by atoms with E-state index in [1.807, 2.05) is 6.07 Å². The zero-order chi connectivity index (χ0) is 23.4. The standard InChI is InChI=1S/C21H22ClN3O6S/c1-12-15-10-17(22)19(31-21(27)25(2)3)11-18(15)30-20(26)16(12)9-13-6-5-7-14(8-13)23-32(28)24-29-4/h5-8,10-11,23-24H,9H2,1-4H3. The summed E-state index contributed by atoms with van der Waals surface area (Å²) in [4.78, 5) is 32.7. The van der Waals surface area contributed by atoms with Crippen molar-refractivity contribution in [3.05, 3.63) is 68.5 Å². The van der Waals surface area contributed by atoms with E-state index in [4.69, 9.17) is 20.8 Å². The van der Waals surface area contributed by atoms with E-state index < -0.39 is 22.9 Å². The lowest BCUT2D eigenvalue weighted by Gasteiger charge is -2.14. The van der Waals surface area contributed by atoms with Gasteiger partial charge in [-0.2, -0.15) is 0 Å². The quantitative estimate of drug-likeness (QED) is 0.396. The first-order valence-corrected chi connectivity index (χ1v) is 10.9. The molecule has 0 fully saturated rings. The van der Waals surface area contributed by atoms with Crippen molar-refractivity contribution in [2.75, 3.05) is 25.9 Å². The predicted molar refractivity (Wildman–Crippen MR) is 123 cm³/mol. The Morgan fingerprint density at radius 1 is 1.25 bits per heavy atom. The highest BCUT2D eigenvalue weighted by Gasteiger charge is 2.17. The van der Waals surface area contributed by atoms with Crippen LogP contribution in [-0.4, -0.2) is 36.4 Å². The van der Waals surface area contributed by atoms with Crippen LogP contribution in [0.5, 0.6) is 5.75 Å². The number of hydrogen-bond acceptors (Lipinski definition) is 6. The summed E-state index contributed by atoms with van der Waals surface area (Å²) in [5, 5.41) is 0.851. The molecule has 0 bridgehead atoms. The third-order valence-electron chi connectivity index (χ3n) is 4.58. The first-order chi connectivity index (χ1) is 15.2. The number of benzene rings is 2. The minimum absolute atomic E-state index is 0.101. The number of amides is 1. The second kappa shape index (κ2) is 10.1. The smallest absolute Gasteiger partial charge is 0.414 e. The minimum Gasteiger partial charge on any atom is -0.422 e. The zero-order valence-electron chi connectivity index (χ0n) is 17.9. The Labute approximate surface area is 191 Å². The summed E-state index contributed by atoms with van der Waals surface area (Å²) in [7, 11) is 4.45. The molecule has 1 heterocycles. The van der Waals surface area contributed by atoms with Crippen LogP contribution >= 0.6 is 11.6 Å². The van der Waals surface area contributed by atoms with Crippen LogP contribution in [0.15, 0.2) is 45.6 Å². The lowest BCUT2D eigenvalue weighted by atomic mass is 9.99. The molecule has 0 saturated heterocycles. The average molecular weight is 480 g/mol. The van der Waals surface area contributed by atoms with Crippen molar-refractivity contribution >= 4 is 45.5 Å². The van der Waals surface area contributed by atoms with Crippen molar-refractivity contribution in [3.8, 4) is 5.75 Å². The second-order valence-electron chi connectivity index (χ2n) is 7.07. The normalized spacial score (nSPS) is 11.9. The number of fused-ring (bicyclic) bond motifs is 1. The van der Waals surface area contributed by atoms with Gasteiger partial charge in [-0.1, -0.05) is 28.6 Å². The lowest BCUT2D eigenvalue weighted by Crippen LogP contribution is -2.25. The molecule has 0 aliphatic heterocycles. The van der Waals surface area contributed by atoms with Crippen LogP contribution in [0.3, 0.4) is 0 Å². The lowest BCUT2D eigenvalue weighted by molar-refractivity contribution is 0.159. The largest absolute Gasteiger partial charge is 0.422 e. The van der Waals surface area contributed by atoms with E-state index in [0.717, 1.165) is 5.56 Å². The number of carbonyl (C=O) groups is 1. The molecule has 2 N–H and O–H groups in total. The fraction of sp³-hybridized carbons (Fsp3) is 0.238. The molecule has 0 aliphatic carbocycles. The molecule has 9 nitrogen and oxygen atoms in total. The zero-order valence-corrected chi connectivity index (χ0v) is 19.4. The summed E-state index contributed by atoms with van der Waals surface area (Å²) in [6, 6.07) is 10.2. The SMILES string of the molecule is CONS(=O)Nc1cccc(Cc2c(C)c3cc(Cl)c(OC(=O)N(C)C)cc3oc2=O)c1. The van der Waals surface area contributed by atoms with E-state index in [0.29, 0.717) is 28.6 Å². The van der Waals surface area contributed by atoms with Gasteiger partial charge in [0.25, 0.3) is 0 Å². The molecule has 0 aliphatic rings. The van der Waals surface area contributed by atoms with Crippen LogP contribution in [0.1, 0.15) is 16.7 Å². The van der Waals surface area contributed by atoms with E-state index >= 15 is 0 Å². The van der Waals surface area contributed by atoms with Gasteiger partial charge in [0.1, 0.15) is 5.58 Å². The van der Waals surface area contributed by atoms with Crippen molar-refractivity contribution in [2.45, 2.75) is 13.3 Å². The number of nitrogens with zero attached hydrogens (tertiary/aromatic N) is 1. The van der Waals surface area contributed by atoms with E-state index in [9.17, 15) is 13.8 Å². The predicted octanol–water partition coefficient (Wildman–Crippen LogP) is 3.55. The fourth-order valence-electron chi connectivity index (χ4n) is 3.01. The Kier molecular flexibility index (Phi) is 7.52. The van der Waals surface area contributed by atoms with Crippen molar-refractivity contribution in [2.24, 2.45) is 0 Å². The summed E-state index contributed by atoms with van der Waals surface area (Å²) < 4.78 is 25.2. The molecule has 32 heavy (non-hydrogen) atoms. The Bertz CT molecular complexity index is 1240. The molecule has 1 aromatic heterocycles. The molecule has 0 radical (unpaired) electrons. The monoisotopic (exact) mass is 479 g/mol. The Balaban J connectivity index is 1.94. The maximum Gasteiger partial charge on any atom is 0.414 e. The molecule has 3 rings (SSSR count). The number of hydrogen-bond donors (Lipinski definition) is 2. The molecule has 0 saturated carbocycles. The van der Waals surface area contributed by atoms with Crippen molar-refractivity contribution in [1.29, 1.82) is 0 Å². The number of aryl methyl sites for hydroxylation is 1. The van der Waals surface area contributed by atoms with Crippen LogP contribution in [0.2, 0.25) is 5.02 Å². The highest BCUT2D eigenvalue weighted by Crippen LogP contribution is 2.32. The highest BCUT2D eigenvalue weighted by molar-refractivity contribution is 7.84. The van der Waals surface area contributed by atoms with Crippen molar-refractivity contribution in [3.63, 3.8) is 0 Å². The number of halogens is 1. The summed E-state index contributed by atoms with van der Waals surface area (Å²) in [6.07, 6.45) is -0.309. The number of anilines is 1. The van der Waals surface area contributed by atoms with Gasteiger partial charge in [0, 0.05) is 43.2 Å². The van der Waals surface area contributed by atoms with Gasteiger partial charge in [0.2, 0.25) is 11.2 Å². The Hall–Kier alpha value is -2.92. The number of ether oxygens (including phenoxy) is 1. The van der Waals surface area contributed by atoms with Crippen molar-refractivity contribution in [1.82, 2.24) is 9.79 Å². The fourth-order valence-corrected chi connectivity index (χ4v) is 3.75.